The molecule has 0 spiro atoms. The number of methoxy groups -OCH3 is 1. The average molecular weight is 336 g/mol. The van der Waals surface area contributed by atoms with Crippen molar-refractivity contribution in [3.63, 3.8) is 0 Å². The van der Waals surface area contributed by atoms with Crippen molar-refractivity contribution in [2.45, 2.75) is 24.3 Å². The minimum absolute atomic E-state index is 0.390. The zero-order chi connectivity index (χ0) is 17.0. The van der Waals surface area contributed by atoms with E-state index in [-0.39, 0.29) is 0 Å². The Morgan fingerprint density at radius 2 is 2.17 bits per heavy atom. The van der Waals surface area contributed by atoms with Crippen LogP contribution in [-0.4, -0.2) is 44.5 Å². The van der Waals surface area contributed by atoms with Gasteiger partial charge in [-0.15, -0.1) is 5.10 Å². The lowest BCUT2D eigenvalue weighted by Gasteiger charge is -2.12. The lowest BCUT2D eigenvalue weighted by molar-refractivity contribution is -0.119. The zero-order valence-electron chi connectivity index (χ0n) is 12.8. The summed E-state index contributed by atoms with van der Waals surface area (Å²) in [5.74, 6) is 0.0762. The van der Waals surface area contributed by atoms with Gasteiger partial charge in [-0.25, -0.2) is 4.79 Å². The van der Waals surface area contributed by atoms with Gasteiger partial charge in [-0.05, 0) is 42.0 Å². The van der Waals surface area contributed by atoms with Crippen LogP contribution < -0.4 is 15.8 Å². The SMILES string of the molecule is COc1ccc(C)cc1-n1nnnc1SC(C)C(=O)NC(N)=O. The maximum Gasteiger partial charge on any atom is 0.318 e. The number of carbonyl (C=O) groups excluding carboxylic acids is 2. The number of benzene rings is 1. The maximum absolute atomic E-state index is 11.8. The summed E-state index contributed by atoms with van der Waals surface area (Å²) in [6.07, 6.45) is 0. The van der Waals surface area contributed by atoms with Crippen molar-refractivity contribution in [1.82, 2.24) is 25.5 Å². The highest BCUT2D eigenvalue weighted by molar-refractivity contribution is 8.00. The highest BCUT2D eigenvalue weighted by Crippen LogP contribution is 2.28. The van der Waals surface area contributed by atoms with Crippen LogP contribution in [0.15, 0.2) is 23.4 Å². The molecule has 1 aromatic heterocycles. The summed E-state index contributed by atoms with van der Waals surface area (Å²) >= 11 is 1.10. The number of carbonyl (C=O) groups is 2. The van der Waals surface area contributed by atoms with Crippen LogP contribution in [0.25, 0.3) is 5.69 Å². The molecule has 0 fully saturated rings. The fourth-order valence-electron chi connectivity index (χ4n) is 1.80. The van der Waals surface area contributed by atoms with E-state index >= 15 is 0 Å². The number of ether oxygens (including phenoxy) is 1. The number of hydrogen-bond donors (Lipinski definition) is 2. The number of tetrazole rings is 1. The van der Waals surface area contributed by atoms with Crippen LogP contribution >= 0.6 is 11.8 Å². The van der Waals surface area contributed by atoms with Gasteiger partial charge < -0.3 is 10.5 Å². The molecule has 0 saturated heterocycles. The minimum Gasteiger partial charge on any atom is -0.494 e. The monoisotopic (exact) mass is 336 g/mol. The molecule has 23 heavy (non-hydrogen) atoms. The fraction of sp³-hybridized carbons (Fsp3) is 0.308. The number of nitrogens with one attached hydrogen (secondary N) is 1. The third-order valence-electron chi connectivity index (χ3n) is 2.90. The summed E-state index contributed by atoms with van der Waals surface area (Å²) in [6.45, 7) is 3.55. The molecule has 0 saturated carbocycles. The average Bonchev–Trinajstić information content (AvgIpc) is 2.94. The standard InChI is InChI=1S/C13H16N6O3S/c1-7-4-5-10(22-3)9(6-7)19-13(16-17-18-19)23-8(2)11(20)15-12(14)21/h4-6,8H,1-3H3,(H3,14,15,20,21). The molecule has 3 amide bonds. The van der Waals surface area contributed by atoms with E-state index in [9.17, 15) is 9.59 Å². The first-order valence-electron chi connectivity index (χ1n) is 6.62. The van der Waals surface area contributed by atoms with E-state index in [1.807, 2.05) is 30.4 Å². The summed E-state index contributed by atoms with van der Waals surface area (Å²) in [5.41, 5.74) is 6.60. The van der Waals surface area contributed by atoms with E-state index in [1.165, 1.54) is 4.68 Å². The number of aryl methyl sites for hydroxylation is 1. The smallest absolute Gasteiger partial charge is 0.318 e. The van der Waals surface area contributed by atoms with Crippen molar-refractivity contribution >= 4 is 23.7 Å². The first kappa shape index (κ1) is 16.7. The number of rotatable bonds is 5. The molecule has 10 heteroatoms. The molecular formula is C13H16N6O3S. The van der Waals surface area contributed by atoms with Gasteiger partial charge in [0.2, 0.25) is 11.1 Å². The number of amides is 3. The highest BCUT2D eigenvalue weighted by atomic mass is 32.2. The van der Waals surface area contributed by atoms with E-state index in [0.717, 1.165) is 17.3 Å². The van der Waals surface area contributed by atoms with E-state index < -0.39 is 17.2 Å². The minimum atomic E-state index is -0.901. The molecule has 0 aliphatic heterocycles. The van der Waals surface area contributed by atoms with Gasteiger partial charge in [0.05, 0.1) is 12.4 Å². The predicted molar refractivity (Wildman–Crippen MR) is 83.5 cm³/mol. The molecule has 1 atom stereocenters. The fourth-order valence-corrected chi connectivity index (χ4v) is 2.60. The summed E-state index contributed by atoms with van der Waals surface area (Å²) in [6, 6.07) is 4.68. The first-order valence-corrected chi connectivity index (χ1v) is 7.50. The molecule has 1 heterocycles. The van der Waals surface area contributed by atoms with Crippen LogP contribution in [-0.2, 0) is 4.79 Å². The lowest BCUT2D eigenvalue weighted by Crippen LogP contribution is -2.39. The van der Waals surface area contributed by atoms with Gasteiger partial charge in [0.1, 0.15) is 11.4 Å². The number of primary amides is 1. The normalized spacial score (nSPS) is 11.8. The van der Waals surface area contributed by atoms with Crippen LogP contribution in [0.3, 0.4) is 0 Å². The van der Waals surface area contributed by atoms with Gasteiger partial charge in [-0.1, -0.05) is 17.8 Å². The Balaban J connectivity index is 2.28. The van der Waals surface area contributed by atoms with Crippen molar-refractivity contribution in [2.24, 2.45) is 5.73 Å². The van der Waals surface area contributed by atoms with Gasteiger partial charge in [-0.2, -0.15) is 4.68 Å². The molecule has 1 aromatic carbocycles. The largest absolute Gasteiger partial charge is 0.494 e. The Morgan fingerprint density at radius 3 is 2.83 bits per heavy atom. The van der Waals surface area contributed by atoms with Crippen LogP contribution in [0, 0.1) is 6.92 Å². The second-order valence-corrected chi connectivity index (χ2v) is 5.97. The van der Waals surface area contributed by atoms with Gasteiger partial charge in [-0.3, -0.25) is 10.1 Å². The van der Waals surface area contributed by atoms with Crippen molar-refractivity contribution in [1.29, 1.82) is 0 Å². The van der Waals surface area contributed by atoms with Crippen molar-refractivity contribution < 1.29 is 14.3 Å². The molecule has 9 nitrogen and oxygen atoms in total. The predicted octanol–water partition coefficient (Wildman–Crippen LogP) is 0.655. The summed E-state index contributed by atoms with van der Waals surface area (Å²) in [7, 11) is 1.55. The third-order valence-corrected chi connectivity index (χ3v) is 3.93. The molecular weight excluding hydrogens is 320 g/mol. The summed E-state index contributed by atoms with van der Waals surface area (Å²) in [4.78, 5) is 22.5. The second-order valence-electron chi connectivity index (χ2n) is 4.66. The molecule has 2 rings (SSSR count). The quantitative estimate of drug-likeness (QED) is 0.768. The van der Waals surface area contributed by atoms with E-state index in [0.29, 0.717) is 16.6 Å². The van der Waals surface area contributed by atoms with Gasteiger partial charge in [0, 0.05) is 0 Å². The molecule has 0 aliphatic carbocycles. The van der Waals surface area contributed by atoms with Gasteiger partial charge in [0.25, 0.3) is 0 Å². The molecule has 0 radical (unpaired) electrons. The molecule has 3 N–H and O–H groups in total. The third kappa shape index (κ3) is 3.97. The number of imide groups is 1. The van der Waals surface area contributed by atoms with Crippen LogP contribution in [0.5, 0.6) is 5.75 Å². The number of nitrogens with two attached hydrogens (primary N) is 1. The van der Waals surface area contributed by atoms with Crippen molar-refractivity contribution in [3.05, 3.63) is 23.8 Å². The Labute approximate surface area is 136 Å². The first-order chi connectivity index (χ1) is 10.9. The molecule has 2 aromatic rings. The number of aromatic nitrogens is 4. The summed E-state index contributed by atoms with van der Waals surface area (Å²) in [5, 5.41) is 13.3. The number of thioether (sulfide) groups is 1. The molecule has 0 aliphatic rings. The number of urea groups is 1. The molecule has 0 bridgehead atoms. The second kappa shape index (κ2) is 7.09. The van der Waals surface area contributed by atoms with Gasteiger partial charge >= 0.3 is 6.03 Å². The lowest BCUT2D eigenvalue weighted by atomic mass is 10.2. The van der Waals surface area contributed by atoms with E-state index in [2.05, 4.69) is 15.5 Å². The van der Waals surface area contributed by atoms with Crippen molar-refractivity contribution in [2.75, 3.05) is 7.11 Å². The van der Waals surface area contributed by atoms with Crippen LogP contribution in [0.2, 0.25) is 0 Å². The Hall–Kier alpha value is -2.62. The topological polar surface area (TPSA) is 125 Å². The Kier molecular flexibility index (Phi) is 5.16. The molecule has 122 valence electrons. The van der Waals surface area contributed by atoms with Gasteiger partial charge in [0.15, 0.2) is 0 Å². The Morgan fingerprint density at radius 1 is 1.43 bits per heavy atom. The number of hydrogen-bond acceptors (Lipinski definition) is 7. The maximum atomic E-state index is 11.8. The van der Waals surface area contributed by atoms with Crippen LogP contribution in [0.4, 0.5) is 4.79 Å². The molecule has 1 unspecified atom stereocenters. The van der Waals surface area contributed by atoms with E-state index in [4.69, 9.17) is 10.5 Å². The summed E-state index contributed by atoms with van der Waals surface area (Å²) < 4.78 is 6.79. The Bertz CT molecular complexity index is 732. The van der Waals surface area contributed by atoms with Crippen molar-refractivity contribution in [3.8, 4) is 11.4 Å². The highest BCUT2D eigenvalue weighted by Gasteiger charge is 2.21. The van der Waals surface area contributed by atoms with E-state index in [1.54, 1.807) is 14.0 Å². The number of nitrogens with zero attached hydrogens (tertiary/aromatic N) is 4. The zero-order valence-corrected chi connectivity index (χ0v) is 13.6. The van der Waals surface area contributed by atoms with Crippen LogP contribution in [0.1, 0.15) is 12.5 Å².